The number of nitrogen functional groups attached to an aromatic ring is 1. The maximum absolute atomic E-state index is 13.8. The minimum Gasteiger partial charge on any atom is -0.383 e. The van der Waals surface area contributed by atoms with E-state index in [-0.39, 0.29) is 5.82 Å². The van der Waals surface area contributed by atoms with Crippen LogP contribution >= 0.6 is 0 Å². The van der Waals surface area contributed by atoms with Gasteiger partial charge in [-0.25, -0.2) is 14.1 Å². The Morgan fingerprint density at radius 1 is 0.938 bits per heavy atom. The van der Waals surface area contributed by atoms with Crippen molar-refractivity contribution >= 4 is 22.8 Å². The van der Waals surface area contributed by atoms with Crippen molar-refractivity contribution in [2.45, 2.75) is 6.42 Å². The molecule has 0 atom stereocenters. The first-order valence-corrected chi connectivity index (χ1v) is 10.2. The molecule has 0 aliphatic heterocycles. The molecule has 0 aliphatic rings. The zero-order chi connectivity index (χ0) is 21.9. The highest BCUT2D eigenvalue weighted by molar-refractivity contribution is 5.99. The molecule has 0 aliphatic carbocycles. The molecular weight excluding hydrogens is 405 g/mol. The number of hydrogen-bond donors (Lipinski definition) is 2. The average Bonchev–Trinajstić information content (AvgIpc) is 3.16. The number of benzene rings is 2. The van der Waals surface area contributed by atoms with Crippen LogP contribution in [0.2, 0.25) is 0 Å². The largest absolute Gasteiger partial charge is 0.383 e. The number of aromatic nitrogens is 5. The third-order valence-corrected chi connectivity index (χ3v) is 5.06. The molecule has 3 heterocycles. The smallest absolute Gasteiger partial charge is 0.225 e. The first-order chi connectivity index (χ1) is 15.7. The van der Waals surface area contributed by atoms with Gasteiger partial charge in [0.05, 0.1) is 16.8 Å². The molecule has 32 heavy (non-hydrogen) atoms. The molecule has 5 aromatic rings. The fraction of sp³-hybridized carbons (Fsp3) is 0.0833. The number of nitrogens with one attached hydrogen (secondary N) is 1. The molecule has 0 fully saturated rings. The van der Waals surface area contributed by atoms with Crippen molar-refractivity contribution in [1.82, 2.24) is 24.7 Å². The van der Waals surface area contributed by atoms with Crippen molar-refractivity contribution in [1.29, 1.82) is 0 Å². The van der Waals surface area contributed by atoms with Crippen LogP contribution in [0.3, 0.4) is 0 Å². The lowest BCUT2D eigenvalue weighted by Gasteiger charge is -2.08. The van der Waals surface area contributed by atoms with Gasteiger partial charge in [0.2, 0.25) is 5.95 Å². The predicted molar refractivity (Wildman–Crippen MR) is 123 cm³/mol. The van der Waals surface area contributed by atoms with Crippen LogP contribution in [-0.4, -0.2) is 31.3 Å². The molecule has 0 unspecified atom stereocenters. The van der Waals surface area contributed by atoms with Gasteiger partial charge in [-0.3, -0.25) is 4.98 Å². The summed E-state index contributed by atoms with van der Waals surface area (Å²) in [5.41, 5.74) is 9.93. The van der Waals surface area contributed by atoms with E-state index in [4.69, 9.17) is 10.7 Å². The van der Waals surface area contributed by atoms with Gasteiger partial charge in [0.25, 0.3) is 0 Å². The lowest BCUT2D eigenvalue weighted by molar-refractivity contribution is 0.625. The van der Waals surface area contributed by atoms with Crippen LogP contribution < -0.4 is 11.1 Å². The Balaban J connectivity index is 1.57. The molecule has 0 saturated carbocycles. The molecule has 7 nitrogen and oxygen atoms in total. The number of pyridine rings is 1. The van der Waals surface area contributed by atoms with Crippen LogP contribution in [0.4, 0.5) is 16.2 Å². The second-order valence-corrected chi connectivity index (χ2v) is 7.24. The molecule has 8 heteroatoms. The zero-order valence-corrected chi connectivity index (χ0v) is 17.1. The van der Waals surface area contributed by atoms with E-state index in [0.29, 0.717) is 40.7 Å². The van der Waals surface area contributed by atoms with E-state index in [2.05, 4.69) is 20.4 Å². The summed E-state index contributed by atoms with van der Waals surface area (Å²) in [4.78, 5) is 13.6. The quantitative estimate of drug-likeness (QED) is 0.422. The topological polar surface area (TPSA) is 94.5 Å². The van der Waals surface area contributed by atoms with Crippen LogP contribution in [-0.2, 0) is 6.42 Å². The average molecular weight is 425 g/mol. The van der Waals surface area contributed by atoms with Crippen LogP contribution in [0.25, 0.3) is 28.0 Å². The van der Waals surface area contributed by atoms with E-state index >= 15 is 0 Å². The molecule has 0 saturated heterocycles. The summed E-state index contributed by atoms with van der Waals surface area (Å²) in [5, 5.41) is 8.44. The Morgan fingerprint density at radius 2 is 1.78 bits per heavy atom. The van der Waals surface area contributed by atoms with Crippen molar-refractivity contribution in [3.05, 3.63) is 90.5 Å². The summed E-state index contributed by atoms with van der Waals surface area (Å²) < 4.78 is 15.3. The Hall–Kier alpha value is -4.33. The SMILES string of the molecule is Nc1c2c(-c3ccccc3)nc(NCCc3ccccn3)nc2nn1-c1cccc(F)c1. The Kier molecular flexibility index (Phi) is 5.17. The fourth-order valence-electron chi connectivity index (χ4n) is 3.55. The van der Waals surface area contributed by atoms with E-state index in [0.717, 1.165) is 17.7 Å². The van der Waals surface area contributed by atoms with Gasteiger partial charge in [0.1, 0.15) is 11.6 Å². The zero-order valence-electron chi connectivity index (χ0n) is 17.1. The number of rotatable bonds is 6. The number of nitrogens with two attached hydrogens (primary N) is 1. The highest BCUT2D eigenvalue weighted by Gasteiger charge is 2.19. The van der Waals surface area contributed by atoms with E-state index in [9.17, 15) is 4.39 Å². The van der Waals surface area contributed by atoms with Gasteiger partial charge >= 0.3 is 0 Å². The minimum absolute atomic E-state index is 0.351. The number of fused-ring (bicyclic) bond motifs is 1. The Morgan fingerprint density at radius 3 is 2.56 bits per heavy atom. The summed E-state index contributed by atoms with van der Waals surface area (Å²) >= 11 is 0. The second kappa shape index (κ2) is 8.43. The van der Waals surface area contributed by atoms with Crippen LogP contribution in [0.15, 0.2) is 79.0 Å². The lowest BCUT2D eigenvalue weighted by Crippen LogP contribution is -2.09. The van der Waals surface area contributed by atoms with Crippen molar-refractivity contribution < 1.29 is 4.39 Å². The molecule has 0 amide bonds. The molecular formula is C24H20FN7. The van der Waals surface area contributed by atoms with Crippen LogP contribution in [0.5, 0.6) is 0 Å². The monoisotopic (exact) mass is 425 g/mol. The second-order valence-electron chi connectivity index (χ2n) is 7.24. The van der Waals surface area contributed by atoms with Gasteiger partial charge < -0.3 is 11.1 Å². The summed E-state index contributed by atoms with van der Waals surface area (Å²) in [6, 6.07) is 21.7. The summed E-state index contributed by atoms with van der Waals surface area (Å²) in [6.07, 6.45) is 2.50. The highest BCUT2D eigenvalue weighted by atomic mass is 19.1. The fourth-order valence-corrected chi connectivity index (χ4v) is 3.55. The Bertz CT molecular complexity index is 1370. The molecule has 0 bridgehead atoms. The van der Waals surface area contributed by atoms with E-state index in [1.165, 1.54) is 16.8 Å². The third-order valence-electron chi connectivity index (χ3n) is 5.06. The van der Waals surface area contributed by atoms with Gasteiger partial charge in [-0.2, -0.15) is 4.98 Å². The van der Waals surface area contributed by atoms with Gasteiger partial charge in [0.15, 0.2) is 5.65 Å². The van der Waals surface area contributed by atoms with Crippen molar-refractivity contribution in [2.24, 2.45) is 0 Å². The van der Waals surface area contributed by atoms with Gasteiger partial charge in [-0.05, 0) is 30.3 Å². The Labute approximate surface area is 183 Å². The van der Waals surface area contributed by atoms with Crippen molar-refractivity contribution in [2.75, 3.05) is 17.6 Å². The molecule has 2 aromatic carbocycles. The van der Waals surface area contributed by atoms with Gasteiger partial charge in [-0.1, -0.05) is 42.5 Å². The molecule has 158 valence electrons. The number of hydrogen-bond acceptors (Lipinski definition) is 6. The summed E-state index contributed by atoms with van der Waals surface area (Å²) in [5.74, 6) is 0.424. The first kappa shape index (κ1) is 19.6. The predicted octanol–water partition coefficient (Wildman–Crippen LogP) is 4.25. The minimum atomic E-state index is -0.368. The number of anilines is 2. The molecule has 3 N–H and O–H groups in total. The molecule has 0 radical (unpaired) electrons. The number of halogens is 1. The standard InChI is InChI=1S/C24H20FN7/c25-17-9-6-11-19(15-17)32-22(26)20-21(16-7-2-1-3-8-16)29-24(30-23(20)31-32)28-14-12-18-10-4-5-13-27-18/h1-11,13,15H,12,14,26H2,(H,28,30,31). The lowest BCUT2D eigenvalue weighted by atomic mass is 10.1. The maximum Gasteiger partial charge on any atom is 0.225 e. The molecule has 3 aromatic heterocycles. The molecule has 5 rings (SSSR count). The molecule has 0 spiro atoms. The van der Waals surface area contributed by atoms with Gasteiger partial charge in [-0.15, -0.1) is 5.10 Å². The maximum atomic E-state index is 13.8. The van der Waals surface area contributed by atoms with E-state index in [1.54, 1.807) is 18.3 Å². The highest BCUT2D eigenvalue weighted by Crippen LogP contribution is 2.32. The summed E-state index contributed by atoms with van der Waals surface area (Å²) in [6.45, 7) is 0.608. The summed E-state index contributed by atoms with van der Waals surface area (Å²) in [7, 11) is 0. The first-order valence-electron chi connectivity index (χ1n) is 10.2. The van der Waals surface area contributed by atoms with Crippen molar-refractivity contribution in [3.63, 3.8) is 0 Å². The number of nitrogens with zero attached hydrogens (tertiary/aromatic N) is 5. The van der Waals surface area contributed by atoms with Crippen molar-refractivity contribution in [3.8, 4) is 16.9 Å². The van der Waals surface area contributed by atoms with Crippen LogP contribution in [0, 0.1) is 5.82 Å². The van der Waals surface area contributed by atoms with Gasteiger partial charge in [0, 0.05) is 30.4 Å². The third kappa shape index (κ3) is 3.85. The van der Waals surface area contributed by atoms with Crippen LogP contribution in [0.1, 0.15) is 5.69 Å². The van der Waals surface area contributed by atoms with E-state index in [1.807, 2.05) is 48.5 Å². The normalized spacial score (nSPS) is 11.0. The van der Waals surface area contributed by atoms with E-state index < -0.39 is 0 Å².